The zero-order valence-electron chi connectivity index (χ0n) is 47.1. The van der Waals surface area contributed by atoms with E-state index in [1.807, 2.05) is 6.08 Å². The van der Waals surface area contributed by atoms with E-state index in [0.29, 0.717) is 6.42 Å². The molecule has 1 fully saturated rings. The molecule has 424 valence electrons. The molecule has 1 amide bonds. The third-order valence-electron chi connectivity index (χ3n) is 14.2. The Morgan fingerprint density at radius 2 is 0.822 bits per heavy atom. The summed E-state index contributed by atoms with van der Waals surface area (Å²) in [6.45, 7) is 3.76. The molecule has 0 radical (unpaired) electrons. The van der Waals surface area contributed by atoms with Crippen LogP contribution in [-0.4, -0.2) is 87.5 Å². The van der Waals surface area contributed by atoms with Crippen LogP contribution in [0.1, 0.15) is 271 Å². The number of aliphatic hydroxyl groups is 5. The Balaban J connectivity index is 2.25. The molecule has 1 rings (SSSR count). The Bertz CT molecular complexity index is 1380. The number of unbranched alkanes of at least 4 members (excludes halogenated alkanes) is 32. The molecule has 7 atom stereocenters. The summed E-state index contributed by atoms with van der Waals surface area (Å²) in [5.41, 5.74) is 0. The molecule has 0 aromatic heterocycles. The molecule has 0 bridgehead atoms. The predicted octanol–water partition coefficient (Wildman–Crippen LogP) is 15.6. The first-order chi connectivity index (χ1) is 35.8. The van der Waals surface area contributed by atoms with Gasteiger partial charge in [0, 0.05) is 6.42 Å². The van der Waals surface area contributed by atoms with Crippen molar-refractivity contribution in [3.8, 4) is 0 Å². The summed E-state index contributed by atoms with van der Waals surface area (Å²) in [7, 11) is 0. The maximum Gasteiger partial charge on any atom is 0.220 e. The van der Waals surface area contributed by atoms with E-state index >= 15 is 0 Å². The Hall–Kier alpha value is -2.37. The van der Waals surface area contributed by atoms with Gasteiger partial charge in [-0.3, -0.25) is 4.79 Å². The normalized spacial score (nSPS) is 19.6. The Morgan fingerprint density at radius 3 is 1.25 bits per heavy atom. The molecule has 1 aliphatic heterocycles. The Morgan fingerprint density at radius 1 is 0.466 bits per heavy atom. The summed E-state index contributed by atoms with van der Waals surface area (Å²) in [5, 5.41) is 54.6. The number of hydrogen-bond acceptors (Lipinski definition) is 8. The summed E-state index contributed by atoms with van der Waals surface area (Å²) in [6.07, 6.45) is 66.9. The molecule has 0 aromatic rings. The van der Waals surface area contributed by atoms with E-state index in [0.717, 1.165) is 70.6 Å². The van der Waals surface area contributed by atoms with Gasteiger partial charge >= 0.3 is 0 Å². The van der Waals surface area contributed by atoms with Crippen molar-refractivity contribution in [3.05, 3.63) is 72.9 Å². The van der Waals surface area contributed by atoms with Crippen molar-refractivity contribution in [1.29, 1.82) is 0 Å². The molecule has 9 heteroatoms. The van der Waals surface area contributed by atoms with Crippen LogP contribution in [0.3, 0.4) is 0 Å². The highest BCUT2D eigenvalue weighted by molar-refractivity contribution is 5.76. The Labute approximate surface area is 448 Å². The fraction of sp³-hybridized carbons (Fsp3) is 0.797. The van der Waals surface area contributed by atoms with Crippen LogP contribution in [-0.2, 0) is 14.3 Å². The minimum absolute atomic E-state index is 0.195. The quantitative estimate of drug-likeness (QED) is 0.0261. The topological polar surface area (TPSA) is 149 Å². The van der Waals surface area contributed by atoms with Crippen LogP contribution in [0.15, 0.2) is 72.9 Å². The average molecular weight is 1030 g/mol. The van der Waals surface area contributed by atoms with Gasteiger partial charge in [0.15, 0.2) is 6.29 Å². The number of amides is 1. The van der Waals surface area contributed by atoms with Crippen LogP contribution in [0.4, 0.5) is 0 Å². The van der Waals surface area contributed by atoms with E-state index < -0.39 is 49.5 Å². The standard InChI is InChI=1S/C64H115NO8/c1-3-5-7-9-11-13-15-17-19-21-23-25-27-29-31-33-35-37-39-41-43-45-47-49-51-53-58(67)57(56-72-64-63(71)62(70)61(69)59(55-66)73-64)65-60(68)54-52-50-48-46-44-42-40-38-36-34-32-30-28-26-24-22-20-18-16-14-12-10-8-6-4-2/h16,18,22,24,28,30,35,37,43,45,51,53,57-59,61-64,66-67,69-71H,3-15,17,19-21,23,25-27,29,31-34,36,38-42,44,46-50,52,54-56H2,1-2H3,(H,65,68)/b18-16-,24-22-,30-28-,37-35+,45-43+,53-51+. The van der Waals surface area contributed by atoms with E-state index in [-0.39, 0.29) is 12.5 Å². The van der Waals surface area contributed by atoms with Crippen LogP contribution in [0, 0.1) is 0 Å². The monoisotopic (exact) mass is 1030 g/mol. The number of carbonyl (C=O) groups excluding carboxylic acids is 1. The summed E-state index contributed by atoms with van der Waals surface area (Å²) < 4.78 is 11.3. The molecular weight excluding hydrogens is 911 g/mol. The predicted molar refractivity (Wildman–Crippen MR) is 309 cm³/mol. The highest BCUT2D eigenvalue weighted by Gasteiger charge is 2.44. The maximum atomic E-state index is 13.1. The second-order valence-corrected chi connectivity index (χ2v) is 21.1. The van der Waals surface area contributed by atoms with E-state index in [9.17, 15) is 30.3 Å². The number of ether oxygens (including phenoxy) is 2. The van der Waals surface area contributed by atoms with E-state index in [1.165, 1.54) is 180 Å². The van der Waals surface area contributed by atoms with Crippen LogP contribution >= 0.6 is 0 Å². The molecule has 1 heterocycles. The molecular formula is C64H115NO8. The molecule has 0 spiro atoms. The van der Waals surface area contributed by atoms with Gasteiger partial charge < -0.3 is 40.3 Å². The van der Waals surface area contributed by atoms with Crippen molar-refractivity contribution >= 4 is 5.91 Å². The van der Waals surface area contributed by atoms with Gasteiger partial charge in [0.25, 0.3) is 0 Å². The fourth-order valence-corrected chi connectivity index (χ4v) is 9.37. The number of carbonyl (C=O) groups is 1. The average Bonchev–Trinajstić information content (AvgIpc) is 3.39. The third-order valence-corrected chi connectivity index (χ3v) is 14.2. The number of rotatable bonds is 52. The fourth-order valence-electron chi connectivity index (χ4n) is 9.37. The zero-order valence-corrected chi connectivity index (χ0v) is 47.1. The maximum absolute atomic E-state index is 13.1. The highest BCUT2D eigenvalue weighted by atomic mass is 16.7. The lowest BCUT2D eigenvalue weighted by atomic mass is 9.99. The first-order valence-electron chi connectivity index (χ1n) is 30.7. The van der Waals surface area contributed by atoms with Crippen LogP contribution in [0.25, 0.3) is 0 Å². The molecule has 9 nitrogen and oxygen atoms in total. The van der Waals surface area contributed by atoms with Gasteiger partial charge in [-0.05, 0) is 83.5 Å². The Kier molecular flexibility index (Phi) is 49.9. The van der Waals surface area contributed by atoms with Gasteiger partial charge in [-0.15, -0.1) is 0 Å². The van der Waals surface area contributed by atoms with Crippen molar-refractivity contribution in [3.63, 3.8) is 0 Å². The van der Waals surface area contributed by atoms with Crippen LogP contribution < -0.4 is 5.32 Å². The molecule has 6 N–H and O–H groups in total. The van der Waals surface area contributed by atoms with E-state index in [2.05, 4.69) is 79.9 Å². The van der Waals surface area contributed by atoms with Gasteiger partial charge in [-0.25, -0.2) is 0 Å². The van der Waals surface area contributed by atoms with Gasteiger partial charge in [-0.2, -0.15) is 0 Å². The summed E-state index contributed by atoms with van der Waals surface area (Å²) in [4.78, 5) is 13.1. The van der Waals surface area contributed by atoms with Crippen molar-refractivity contribution in [2.24, 2.45) is 0 Å². The summed E-state index contributed by atoms with van der Waals surface area (Å²) >= 11 is 0. The SMILES string of the molecule is CCCCCCC/C=C\C/C=C\C/C=C\CCCCCCCCCCCCC(=O)NC(COC1OC(CO)C(O)C(O)C1O)C(O)/C=C/CC/C=C/CC/C=C/CCCCCCCCCCCCCCCCC. The minimum atomic E-state index is -1.58. The van der Waals surface area contributed by atoms with Gasteiger partial charge in [0.05, 0.1) is 25.4 Å². The molecule has 0 aliphatic carbocycles. The van der Waals surface area contributed by atoms with E-state index in [1.54, 1.807) is 6.08 Å². The molecule has 0 saturated carbocycles. The minimum Gasteiger partial charge on any atom is -0.394 e. The second kappa shape index (κ2) is 53.0. The number of aliphatic hydroxyl groups excluding tert-OH is 5. The number of allylic oxidation sites excluding steroid dienone is 11. The van der Waals surface area contributed by atoms with Gasteiger partial charge in [-0.1, -0.05) is 254 Å². The molecule has 1 saturated heterocycles. The first kappa shape index (κ1) is 68.6. The number of nitrogens with one attached hydrogen (secondary N) is 1. The molecule has 73 heavy (non-hydrogen) atoms. The third kappa shape index (κ3) is 42.4. The largest absolute Gasteiger partial charge is 0.394 e. The lowest BCUT2D eigenvalue weighted by molar-refractivity contribution is -0.302. The molecule has 1 aliphatic rings. The van der Waals surface area contributed by atoms with Crippen molar-refractivity contribution in [2.45, 2.75) is 314 Å². The zero-order chi connectivity index (χ0) is 52.9. The lowest BCUT2D eigenvalue weighted by Crippen LogP contribution is -2.60. The smallest absolute Gasteiger partial charge is 0.220 e. The second-order valence-electron chi connectivity index (χ2n) is 21.1. The van der Waals surface area contributed by atoms with Crippen molar-refractivity contribution in [2.75, 3.05) is 13.2 Å². The van der Waals surface area contributed by atoms with Gasteiger partial charge in [0.2, 0.25) is 5.91 Å². The summed E-state index contributed by atoms with van der Waals surface area (Å²) in [5.74, 6) is -0.195. The van der Waals surface area contributed by atoms with Crippen molar-refractivity contribution < 1.29 is 39.8 Å². The first-order valence-corrected chi connectivity index (χ1v) is 30.7. The van der Waals surface area contributed by atoms with E-state index in [4.69, 9.17) is 9.47 Å². The lowest BCUT2D eigenvalue weighted by Gasteiger charge is -2.40. The highest BCUT2D eigenvalue weighted by Crippen LogP contribution is 2.23. The number of hydrogen-bond donors (Lipinski definition) is 6. The summed E-state index contributed by atoms with van der Waals surface area (Å²) in [6, 6.07) is -0.835. The van der Waals surface area contributed by atoms with Crippen LogP contribution in [0.2, 0.25) is 0 Å². The van der Waals surface area contributed by atoms with Crippen LogP contribution in [0.5, 0.6) is 0 Å². The van der Waals surface area contributed by atoms with Gasteiger partial charge in [0.1, 0.15) is 24.4 Å². The molecule has 7 unspecified atom stereocenters. The molecule has 0 aromatic carbocycles. The van der Waals surface area contributed by atoms with Crippen molar-refractivity contribution in [1.82, 2.24) is 5.32 Å².